The van der Waals surface area contributed by atoms with Crippen LogP contribution in [0.4, 0.5) is 5.69 Å². The predicted molar refractivity (Wildman–Crippen MR) is 110 cm³/mol. The molecule has 176 valence electrons. The lowest BCUT2D eigenvalue weighted by atomic mass is 9.70. The highest BCUT2D eigenvalue weighted by molar-refractivity contribution is 6.10. The van der Waals surface area contributed by atoms with Crippen molar-refractivity contribution in [1.82, 2.24) is 0 Å². The summed E-state index contributed by atoms with van der Waals surface area (Å²) in [5, 5.41) is 11.3. The minimum atomic E-state index is -2.16. The van der Waals surface area contributed by atoms with Gasteiger partial charge in [0.15, 0.2) is 11.2 Å². The number of ketones is 2. The normalized spacial score (nSPS) is 13.5. The Morgan fingerprint density at radius 1 is 1.00 bits per heavy atom. The third-order valence-electron chi connectivity index (χ3n) is 4.84. The Kier molecular flexibility index (Phi) is 10.6. The van der Waals surface area contributed by atoms with Gasteiger partial charge in [0.2, 0.25) is 0 Å². The van der Waals surface area contributed by atoms with Crippen LogP contribution in [0.3, 0.4) is 0 Å². The van der Waals surface area contributed by atoms with Gasteiger partial charge in [-0.3, -0.25) is 29.3 Å². The van der Waals surface area contributed by atoms with E-state index in [1.54, 1.807) is 0 Å². The third kappa shape index (κ3) is 6.66. The molecule has 2 atom stereocenters. The summed E-state index contributed by atoms with van der Waals surface area (Å²) < 4.78 is 19.9. The van der Waals surface area contributed by atoms with Crippen molar-refractivity contribution in [3.63, 3.8) is 0 Å². The molecule has 0 saturated heterocycles. The fraction of sp³-hybridized carbons (Fsp3) is 0.524. The largest absolute Gasteiger partial charge is 0.463 e. The van der Waals surface area contributed by atoms with E-state index < -0.39 is 46.2 Å². The number of carbonyl (C=O) groups is 4. The van der Waals surface area contributed by atoms with Crippen LogP contribution in [0.15, 0.2) is 24.3 Å². The summed E-state index contributed by atoms with van der Waals surface area (Å²) in [6.07, 6.45) is -0.615. The topological polar surface area (TPSA) is 148 Å². The Balaban J connectivity index is 3.54. The first-order valence-corrected chi connectivity index (χ1v) is 9.70. The van der Waals surface area contributed by atoms with Gasteiger partial charge in [-0.25, -0.2) is 0 Å². The van der Waals surface area contributed by atoms with Crippen molar-refractivity contribution in [3.05, 3.63) is 39.9 Å². The Labute approximate surface area is 185 Å². The lowest BCUT2D eigenvalue weighted by molar-refractivity contribution is -0.384. The molecule has 0 aromatic heterocycles. The first-order chi connectivity index (χ1) is 15.1. The fourth-order valence-corrected chi connectivity index (χ4v) is 3.06. The molecule has 0 radical (unpaired) electrons. The molecular formula is C21H27NO10. The molecule has 11 heteroatoms. The van der Waals surface area contributed by atoms with Crippen LogP contribution < -0.4 is 0 Å². The van der Waals surface area contributed by atoms with Crippen molar-refractivity contribution < 1.29 is 43.0 Å². The highest BCUT2D eigenvalue weighted by Crippen LogP contribution is 2.36. The number of non-ortho nitro benzene ring substituents is 1. The Hall–Kier alpha value is -3.18. The van der Waals surface area contributed by atoms with Gasteiger partial charge in [0.25, 0.3) is 5.69 Å². The van der Waals surface area contributed by atoms with Crippen LogP contribution in [0, 0.1) is 16.0 Å². The number of hydrogen-bond donors (Lipinski definition) is 0. The minimum absolute atomic E-state index is 0.0316. The minimum Gasteiger partial charge on any atom is -0.463 e. The van der Waals surface area contributed by atoms with Crippen LogP contribution in [0.25, 0.3) is 0 Å². The van der Waals surface area contributed by atoms with Crippen LogP contribution in [0.1, 0.15) is 25.8 Å². The summed E-state index contributed by atoms with van der Waals surface area (Å²) in [6.45, 7) is 1.98. The summed E-state index contributed by atoms with van der Waals surface area (Å²) in [5.74, 6) is -4.90. The molecule has 11 nitrogen and oxygen atoms in total. The second-order valence-corrected chi connectivity index (χ2v) is 6.93. The van der Waals surface area contributed by atoms with E-state index in [2.05, 4.69) is 0 Å². The summed E-state index contributed by atoms with van der Waals surface area (Å²) in [4.78, 5) is 61.4. The summed E-state index contributed by atoms with van der Waals surface area (Å²) in [6, 6.07) is 4.87. The van der Waals surface area contributed by atoms with Crippen molar-refractivity contribution in [2.75, 3.05) is 40.6 Å². The van der Waals surface area contributed by atoms with Crippen molar-refractivity contribution in [2.45, 2.75) is 25.7 Å². The zero-order valence-electron chi connectivity index (χ0n) is 18.5. The van der Waals surface area contributed by atoms with E-state index in [1.807, 2.05) is 0 Å². The number of ether oxygens (including phenoxy) is 4. The average molecular weight is 453 g/mol. The Morgan fingerprint density at radius 3 is 2.09 bits per heavy atom. The van der Waals surface area contributed by atoms with Gasteiger partial charge < -0.3 is 18.9 Å². The van der Waals surface area contributed by atoms with E-state index in [4.69, 9.17) is 18.9 Å². The molecule has 0 spiro atoms. The van der Waals surface area contributed by atoms with Crippen LogP contribution in [-0.4, -0.2) is 69.1 Å². The van der Waals surface area contributed by atoms with Gasteiger partial charge in [0.1, 0.15) is 24.9 Å². The highest BCUT2D eigenvalue weighted by Gasteiger charge is 2.51. The van der Waals surface area contributed by atoms with Gasteiger partial charge in [-0.2, -0.15) is 0 Å². The number of rotatable bonds is 14. The molecular weight excluding hydrogens is 426 g/mol. The van der Waals surface area contributed by atoms with E-state index in [9.17, 15) is 29.3 Å². The van der Waals surface area contributed by atoms with Gasteiger partial charge in [-0.05, 0) is 25.8 Å². The molecule has 0 heterocycles. The standard InChI is InChI=1S/C21H27NO10/c1-14(23)18(19(25)31-10-8-29-3)13-21(15(2)24,20(26)32-11-9-30-4)16-6-5-7-17(12-16)22(27)28/h5-7,12,18H,8-11,13H2,1-4H3. The lowest BCUT2D eigenvalue weighted by Crippen LogP contribution is -2.48. The average Bonchev–Trinajstić information content (AvgIpc) is 2.74. The molecule has 0 amide bonds. The Morgan fingerprint density at radius 2 is 1.59 bits per heavy atom. The fourth-order valence-electron chi connectivity index (χ4n) is 3.06. The number of hydrogen-bond acceptors (Lipinski definition) is 10. The summed E-state index contributed by atoms with van der Waals surface area (Å²) >= 11 is 0. The molecule has 0 saturated carbocycles. The molecule has 0 fully saturated rings. The maximum absolute atomic E-state index is 13.2. The zero-order valence-corrected chi connectivity index (χ0v) is 18.5. The van der Waals surface area contributed by atoms with Gasteiger partial charge in [-0.1, -0.05) is 12.1 Å². The second kappa shape index (κ2) is 12.6. The van der Waals surface area contributed by atoms with E-state index in [0.717, 1.165) is 19.9 Å². The molecule has 1 aromatic rings. The molecule has 0 aliphatic rings. The predicted octanol–water partition coefficient (Wildman–Crippen LogP) is 1.40. The van der Waals surface area contributed by atoms with E-state index in [0.29, 0.717) is 0 Å². The number of Topliss-reactive ketones (excluding diaryl/α,β-unsaturated/α-hetero) is 2. The van der Waals surface area contributed by atoms with Gasteiger partial charge >= 0.3 is 11.9 Å². The van der Waals surface area contributed by atoms with Crippen LogP contribution in [0.5, 0.6) is 0 Å². The molecule has 0 bridgehead atoms. The number of nitro groups is 1. The number of carbonyl (C=O) groups excluding carboxylic acids is 4. The monoisotopic (exact) mass is 453 g/mol. The first-order valence-electron chi connectivity index (χ1n) is 9.70. The van der Waals surface area contributed by atoms with Crippen LogP contribution in [-0.2, 0) is 43.5 Å². The molecule has 1 rings (SSSR count). The highest BCUT2D eigenvalue weighted by atomic mass is 16.6. The van der Waals surface area contributed by atoms with Gasteiger partial charge in [-0.15, -0.1) is 0 Å². The van der Waals surface area contributed by atoms with Crippen molar-refractivity contribution in [1.29, 1.82) is 0 Å². The molecule has 2 unspecified atom stereocenters. The number of nitro benzene ring substituents is 1. The molecule has 32 heavy (non-hydrogen) atoms. The molecule has 0 aliphatic carbocycles. The number of nitrogens with zero attached hydrogens (tertiary/aromatic N) is 1. The lowest BCUT2D eigenvalue weighted by Gasteiger charge is -2.31. The molecule has 0 N–H and O–H groups in total. The van der Waals surface area contributed by atoms with E-state index in [1.165, 1.54) is 32.4 Å². The second-order valence-electron chi connectivity index (χ2n) is 6.93. The van der Waals surface area contributed by atoms with Gasteiger partial charge in [0.05, 0.1) is 18.1 Å². The quantitative estimate of drug-likeness (QED) is 0.133. The van der Waals surface area contributed by atoms with Crippen LogP contribution in [0.2, 0.25) is 0 Å². The van der Waals surface area contributed by atoms with Crippen molar-refractivity contribution >= 4 is 29.2 Å². The molecule has 0 aliphatic heterocycles. The van der Waals surface area contributed by atoms with E-state index >= 15 is 0 Å². The van der Waals surface area contributed by atoms with E-state index in [-0.39, 0.29) is 37.7 Å². The third-order valence-corrected chi connectivity index (χ3v) is 4.84. The number of methoxy groups -OCH3 is 2. The van der Waals surface area contributed by atoms with Crippen molar-refractivity contribution in [2.24, 2.45) is 5.92 Å². The van der Waals surface area contributed by atoms with Crippen LogP contribution >= 0.6 is 0 Å². The SMILES string of the molecule is COCCOC(=O)C(CC(C(C)=O)(C(=O)OCCOC)c1cccc([N+](=O)[O-])c1)C(C)=O. The van der Waals surface area contributed by atoms with Crippen molar-refractivity contribution in [3.8, 4) is 0 Å². The summed E-state index contributed by atoms with van der Waals surface area (Å²) in [7, 11) is 2.78. The maximum Gasteiger partial charge on any atom is 0.324 e. The summed E-state index contributed by atoms with van der Waals surface area (Å²) in [5.41, 5.74) is -2.60. The maximum atomic E-state index is 13.2. The Bertz CT molecular complexity index is 853. The smallest absolute Gasteiger partial charge is 0.324 e. The zero-order chi connectivity index (χ0) is 24.3. The number of benzene rings is 1. The number of esters is 2. The first kappa shape index (κ1) is 26.9. The van der Waals surface area contributed by atoms with Gasteiger partial charge in [0, 0.05) is 26.4 Å². The molecule has 1 aromatic carbocycles.